The number of ether oxygens (including phenoxy) is 1. The molecule has 0 radical (unpaired) electrons. The molecule has 0 saturated carbocycles. The zero-order valence-electron chi connectivity index (χ0n) is 13.2. The van der Waals surface area contributed by atoms with Crippen molar-refractivity contribution in [2.75, 3.05) is 6.61 Å². The monoisotopic (exact) mass is 305 g/mol. The lowest BCUT2D eigenvalue weighted by atomic mass is 9.93. The van der Waals surface area contributed by atoms with Gasteiger partial charge in [-0.1, -0.05) is 74.0 Å². The molecule has 0 heterocycles. The van der Waals surface area contributed by atoms with E-state index < -0.39 is 5.97 Å². The van der Waals surface area contributed by atoms with Crippen molar-refractivity contribution >= 4 is 11.5 Å². The maximum atomic E-state index is 12.3. The Morgan fingerprint density at radius 1 is 1.00 bits per heavy atom. The minimum Gasteiger partial charge on any atom is -0.462 e. The van der Waals surface area contributed by atoms with Gasteiger partial charge >= 0.3 is 5.97 Å². The number of carbonyl (C=O) groups is 1. The number of benzene rings is 2. The average molecular weight is 305 g/mol. The summed E-state index contributed by atoms with van der Waals surface area (Å²) in [5.74, 6) is -0.566. The predicted octanol–water partition coefficient (Wildman–Crippen LogP) is 4.36. The molecule has 23 heavy (non-hydrogen) atoms. The van der Waals surface area contributed by atoms with E-state index in [1.54, 1.807) is 0 Å². The Kier molecular flexibility index (Phi) is 6.14. The van der Waals surface area contributed by atoms with Gasteiger partial charge in [-0.25, -0.2) is 4.79 Å². The van der Waals surface area contributed by atoms with Crippen molar-refractivity contribution < 1.29 is 9.53 Å². The minimum atomic E-state index is -0.566. The van der Waals surface area contributed by atoms with Crippen LogP contribution in [0.5, 0.6) is 0 Å². The number of nitriles is 1. The first-order chi connectivity index (χ1) is 11.3. The molecular formula is C20H19NO2. The van der Waals surface area contributed by atoms with Gasteiger partial charge in [0.2, 0.25) is 0 Å². The summed E-state index contributed by atoms with van der Waals surface area (Å²) in [5, 5.41) is 9.54. The Hall–Kier alpha value is -2.86. The van der Waals surface area contributed by atoms with Gasteiger partial charge in [0, 0.05) is 5.57 Å². The first kappa shape index (κ1) is 16.5. The van der Waals surface area contributed by atoms with Crippen molar-refractivity contribution in [2.24, 2.45) is 0 Å². The minimum absolute atomic E-state index is 0.0403. The number of hydrogen-bond donors (Lipinski definition) is 0. The topological polar surface area (TPSA) is 50.1 Å². The second-order valence-electron chi connectivity index (χ2n) is 5.08. The van der Waals surface area contributed by atoms with E-state index in [1.807, 2.05) is 73.7 Å². The molecule has 116 valence electrons. The Morgan fingerprint density at radius 2 is 1.52 bits per heavy atom. The summed E-state index contributed by atoms with van der Waals surface area (Å²) in [5.41, 5.74) is 2.29. The molecule has 0 spiro atoms. The third-order valence-corrected chi connectivity index (χ3v) is 3.42. The molecule has 0 aliphatic rings. The van der Waals surface area contributed by atoms with Crippen LogP contribution in [0.2, 0.25) is 0 Å². The second-order valence-corrected chi connectivity index (χ2v) is 5.08. The fourth-order valence-corrected chi connectivity index (χ4v) is 2.25. The van der Waals surface area contributed by atoms with E-state index in [0.29, 0.717) is 12.2 Å². The molecule has 2 aromatic rings. The number of carbonyl (C=O) groups excluding carboxylic acids is 1. The standard InChI is InChI=1S/C20H19NO2/c1-2-3-14-23-20(22)18(15-21)19(16-10-6-4-7-11-16)17-12-8-5-9-13-17/h4-13H,2-3,14H2,1H3. The summed E-state index contributed by atoms with van der Waals surface area (Å²) >= 11 is 0. The highest BCUT2D eigenvalue weighted by Gasteiger charge is 2.19. The van der Waals surface area contributed by atoms with Gasteiger partial charge in [0.1, 0.15) is 11.6 Å². The number of hydrogen-bond acceptors (Lipinski definition) is 3. The number of rotatable bonds is 6. The molecule has 0 fully saturated rings. The molecule has 0 aliphatic carbocycles. The first-order valence-corrected chi connectivity index (χ1v) is 7.70. The van der Waals surface area contributed by atoms with Gasteiger partial charge in [-0.2, -0.15) is 5.26 Å². The number of nitrogens with zero attached hydrogens (tertiary/aromatic N) is 1. The zero-order valence-corrected chi connectivity index (χ0v) is 13.2. The summed E-state index contributed by atoms with van der Waals surface area (Å²) in [4.78, 5) is 12.3. The van der Waals surface area contributed by atoms with Crippen molar-refractivity contribution in [3.05, 3.63) is 77.4 Å². The number of esters is 1. The molecular weight excluding hydrogens is 286 g/mol. The van der Waals surface area contributed by atoms with E-state index >= 15 is 0 Å². The third-order valence-electron chi connectivity index (χ3n) is 3.42. The van der Waals surface area contributed by atoms with Crippen LogP contribution in [-0.2, 0) is 9.53 Å². The summed E-state index contributed by atoms with van der Waals surface area (Å²) in [6.07, 6.45) is 1.72. The van der Waals surface area contributed by atoms with Gasteiger partial charge in [0.15, 0.2) is 0 Å². The van der Waals surface area contributed by atoms with Crippen molar-refractivity contribution in [3.63, 3.8) is 0 Å². The molecule has 2 rings (SSSR count). The van der Waals surface area contributed by atoms with Gasteiger partial charge in [0.05, 0.1) is 6.61 Å². The normalized spacial score (nSPS) is 9.74. The van der Waals surface area contributed by atoms with E-state index in [0.717, 1.165) is 24.0 Å². The maximum Gasteiger partial charge on any atom is 0.349 e. The summed E-state index contributed by atoms with van der Waals surface area (Å²) in [7, 11) is 0. The average Bonchev–Trinajstić information content (AvgIpc) is 2.61. The fourth-order valence-electron chi connectivity index (χ4n) is 2.25. The lowest BCUT2D eigenvalue weighted by Gasteiger charge is -2.11. The summed E-state index contributed by atoms with van der Waals surface area (Å²) in [6.45, 7) is 2.35. The summed E-state index contributed by atoms with van der Waals surface area (Å²) < 4.78 is 5.24. The largest absolute Gasteiger partial charge is 0.462 e. The SMILES string of the molecule is CCCCOC(=O)C(C#N)=C(c1ccccc1)c1ccccc1. The van der Waals surface area contributed by atoms with E-state index in [4.69, 9.17) is 4.74 Å². The van der Waals surface area contributed by atoms with Crippen LogP contribution in [0.25, 0.3) is 5.57 Å². The highest BCUT2D eigenvalue weighted by atomic mass is 16.5. The molecule has 3 nitrogen and oxygen atoms in total. The Bertz CT molecular complexity index is 671. The Labute approximate surface area is 136 Å². The first-order valence-electron chi connectivity index (χ1n) is 7.70. The third kappa shape index (κ3) is 4.31. The second kappa shape index (κ2) is 8.55. The van der Waals surface area contributed by atoms with Crippen molar-refractivity contribution in [3.8, 4) is 6.07 Å². The molecule has 0 amide bonds. The van der Waals surface area contributed by atoms with Gasteiger partial charge in [-0.05, 0) is 17.5 Å². The van der Waals surface area contributed by atoms with E-state index in [9.17, 15) is 10.1 Å². The molecule has 0 atom stereocenters. The van der Waals surface area contributed by atoms with Crippen LogP contribution < -0.4 is 0 Å². The molecule has 2 aromatic carbocycles. The lowest BCUT2D eigenvalue weighted by molar-refractivity contribution is -0.138. The lowest BCUT2D eigenvalue weighted by Crippen LogP contribution is -2.10. The highest BCUT2D eigenvalue weighted by Crippen LogP contribution is 2.27. The van der Waals surface area contributed by atoms with Crippen LogP contribution in [0.4, 0.5) is 0 Å². The Morgan fingerprint density at radius 3 is 1.96 bits per heavy atom. The van der Waals surface area contributed by atoms with Gasteiger partial charge in [-0.3, -0.25) is 0 Å². The zero-order chi connectivity index (χ0) is 16.5. The smallest absolute Gasteiger partial charge is 0.349 e. The quantitative estimate of drug-likeness (QED) is 0.345. The predicted molar refractivity (Wildman–Crippen MR) is 90.4 cm³/mol. The molecule has 0 saturated heterocycles. The van der Waals surface area contributed by atoms with Crippen LogP contribution >= 0.6 is 0 Å². The maximum absolute atomic E-state index is 12.3. The molecule has 0 unspecified atom stereocenters. The van der Waals surface area contributed by atoms with Crippen LogP contribution in [0.15, 0.2) is 66.2 Å². The van der Waals surface area contributed by atoms with Gasteiger partial charge in [0.25, 0.3) is 0 Å². The van der Waals surface area contributed by atoms with Crippen LogP contribution in [0, 0.1) is 11.3 Å². The van der Waals surface area contributed by atoms with Crippen molar-refractivity contribution in [1.82, 2.24) is 0 Å². The Balaban J connectivity index is 2.50. The van der Waals surface area contributed by atoms with Gasteiger partial charge < -0.3 is 4.74 Å². The number of unbranched alkanes of at least 4 members (excludes halogenated alkanes) is 1. The van der Waals surface area contributed by atoms with Crippen LogP contribution in [0.1, 0.15) is 30.9 Å². The highest BCUT2D eigenvalue weighted by molar-refractivity contribution is 6.05. The van der Waals surface area contributed by atoms with E-state index in [1.165, 1.54) is 0 Å². The van der Waals surface area contributed by atoms with Crippen molar-refractivity contribution in [1.29, 1.82) is 5.26 Å². The molecule has 0 N–H and O–H groups in total. The van der Waals surface area contributed by atoms with Crippen LogP contribution in [0.3, 0.4) is 0 Å². The van der Waals surface area contributed by atoms with E-state index in [2.05, 4.69) is 0 Å². The van der Waals surface area contributed by atoms with Crippen molar-refractivity contribution in [2.45, 2.75) is 19.8 Å². The van der Waals surface area contributed by atoms with Crippen LogP contribution in [-0.4, -0.2) is 12.6 Å². The summed E-state index contributed by atoms with van der Waals surface area (Å²) in [6, 6.07) is 20.9. The van der Waals surface area contributed by atoms with E-state index in [-0.39, 0.29) is 5.57 Å². The fraction of sp³-hybridized carbons (Fsp3) is 0.200. The van der Waals surface area contributed by atoms with Gasteiger partial charge in [-0.15, -0.1) is 0 Å². The molecule has 3 heteroatoms. The molecule has 0 aliphatic heterocycles. The molecule has 0 aromatic heterocycles. The molecule has 0 bridgehead atoms.